The number of carbonyl (C=O) groups is 1. The van der Waals surface area contributed by atoms with Gasteiger partial charge in [0, 0.05) is 13.5 Å². The third kappa shape index (κ3) is 3.95. The highest BCUT2D eigenvalue weighted by atomic mass is 32.5. The lowest BCUT2D eigenvalue weighted by Crippen LogP contribution is -2.25. The number of hydrogen-bond acceptors (Lipinski definition) is 4. The number of carbonyl (C=O) groups excluding carboxylic acids is 1. The molecule has 0 aliphatic heterocycles. The third-order valence-electron chi connectivity index (χ3n) is 0.823. The SMILES string of the molecule is CCC(=O)NP([O-])(=S)OC. The van der Waals surface area contributed by atoms with Crippen LogP contribution in [0.4, 0.5) is 0 Å². The summed E-state index contributed by atoms with van der Waals surface area (Å²) < 4.78 is 4.35. The second-order valence-corrected chi connectivity index (χ2v) is 4.59. The summed E-state index contributed by atoms with van der Waals surface area (Å²) in [5.74, 6) is -0.361. The van der Waals surface area contributed by atoms with E-state index in [4.69, 9.17) is 0 Å². The molecule has 0 rings (SSSR count). The average Bonchev–Trinajstić information content (AvgIpc) is 1.87. The highest BCUT2D eigenvalue weighted by molar-refractivity contribution is 8.08. The maximum Gasteiger partial charge on any atom is 0.224 e. The molecule has 4 nitrogen and oxygen atoms in total. The normalized spacial score (nSPS) is 15.9. The van der Waals surface area contributed by atoms with Crippen LogP contribution in [0.3, 0.4) is 0 Å². The zero-order valence-corrected chi connectivity index (χ0v) is 7.50. The Labute approximate surface area is 64.8 Å². The number of amides is 1. The second kappa shape index (κ2) is 4.03. The molecular formula is C4H9NO3PS-. The van der Waals surface area contributed by atoms with Gasteiger partial charge < -0.3 is 14.5 Å². The Hall–Kier alpha value is 0.0400. The molecule has 0 fully saturated rings. The van der Waals surface area contributed by atoms with Gasteiger partial charge in [0.25, 0.3) is 0 Å². The summed E-state index contributed by atoms with van der Waals surface area (Å²) >= 11 is 4.39. The van der Waals surface area contributed by atoms with E-state index < -0.39 is 6.64 Å². The van der Waals surface area contributed by atoms with Crippen LogP contribution in [0.1, 0.15) is 13.3 Å². The van der Waals surface area contributed by atoms with Crippen molar-refractivity contribution in [2.45, 2.75) is 13.3 Å². The van der Waals surface area contributed by atoms with E-state index in [2.05, 4.69) is 21.4 Å². The van der Waals surface area contributed by atoms with Crippen molar-refractivity contribution >= 4 is 24.4 Å². The van der Waals surface area contributed by atoms with E-state index in [9.17, 15) is 9.69 Å². The van der Waals surface area contributed by atoms with Crippen LogP contribution in [0.15, 0.2) is 0 Å². The summed E-state index contributed by atoms with van der Waals surface area (Å²) in [7, 11) is 1.20. The molecule has 6 heteroatoms. The van der Waals surface area contributed by atoms with E-state index in [-0.39, 0.29) is 12.3 Å². The van der Waals surface area contributed by atoms with Gasteiger partial charge in [-0.05, 0) is 0 Å². The minimum absolute atomic E-state index is 0.254. The molecule has 10 heavy (non-hydrogen) atoms. The summed E-state index contributed by atoms with van der Waals surface area (Å²) in [6.45, 7) is -1.62. The van der Waals surface area contributed by atoms with Crippen LogP contribution in [0.2, 0.25) is 0 Å². The Morgan fingerprint density at radius 3 is 2.70 bits per heavy atom. The van der Waals surface area contributed by atoms with Gasteiger partial charge in [-0.2, -0.15) is 0 Å². The van der Waals surface area contributed by atoms with Crippen molar-refractivity contribution in [3.63, 3.8) is 0 Å². The standard InChI is InChI=1S/C4H10NO3PS/c1-3-4(6)5-9(7,10)8-2/h3H2,1-2H3,(H2,5,6,7,10)/p-1. The van der Waals surface area contributed by atoms with Gasteiger partial charge >= 0.3 is 0 Å². The summed E-state index contributed by atoms with van der Waals surface area (Å²) in [6.07, 6.45) is 0.254. The summed E-state index contributed by atoms with van der Waals surface area (Å²) in [5, 5.41) is 2.06. The molecule has 1 amide bonds. The molecule has 0 saturated heterocycles. The Morgan fingerprint density at radius 1 is 1.90 bits per heavy atom. The first-order valence-corrected chi connectivity index (χ1v) is 5.33. The Bertz CT molecular complexity index is 172. The van der Waals surface area contributed by atoms with Gasteiger partial charge in [-0.3, -0.25) is 4.79 Å². The zero-order valence-electron chi connectivity index (χ0n) is 5.79. The van der Waals surface area contributed by atoms with Crippen LogP contribution in [0.25, 0.3) is 0 Å². The second-order valence-electron chi connectivity index (χ2n) is 1.57. The lowest BCUT2D eigenvalue weighted by atomic mass is 10.5. The molecule has 0 heterocycles. The van der Waals surface area contributed by atoms with E-state index >= 15 is 0 Å². The predicted molar refractivity (Wildman–Crippen MR) is 39.7 cm³/mol. The first kappa shape index (κ1) is 10.0. The van der Waals surface area contributed by atoms with Crippen LogP contribution in [-0.2, 0) is 21.1 Å². The summed E-state index contributed by atoms with van der Waals surface area (Å²) in [4.78, 5) is 21.4. The van der Waals surface area contributed by atoms with E-state index in [0.717, 1.165) is 0 Å². The first-order valence-electron chi connectivity index (χ1n) is 2.69. The maximum atomic E-state index is 10.8. The fraction of sp³-hybridized carbons (Fsp3) is 0.750. The summed E-state index contributed by atoms with van der Waals surface area (Å²) in [6, 6.07) is 0. The zero-order chi connectivity index (χ0) is 8.20. The van der Waals surface area contributed by atoms with Gasteiger partial charge in [0.15, 0.2) is 0 Å². The molecule has 60 valence electrons. The van der Waals surface area contributed by atoms with Crippen LogP contribution < -0.4 is 9.98 Å². The predicted octanol–water partition coefficient (Wildman–Crippen LogP) is -0.256. The van der Waals surface area contributed by atoms with Crippen molar-refractivity contribution in [2.24, 2.45) is 0 Å². The molecule has 0 aromatic heterocycles. The number of hydrogen-bond donors (Lipinski definition) is 1. The Balaban J connectivity index is 3.89. The molecule has 0 saturated carbocycles. The van der Waals surface area contributed by atoms with E-state index in [1.807, 2.05) is 0 Å². The van der Waals surface area contributed by atoms with Crippen molar-refractivity contribution in [2.75, 3.05) is 7.11 Å². The molecule has 0 bridgehead atoms. The largest absolute Gasteiger partial charge is 0.785 e. The first-order chi connectivity index (χ1) is 4.52. The lowest BCUT2D eigenvalue weighted by Gasteiger charge is -2.25. The monoisotopic (exact) mass is 182 g/mol. The van der Waals surface area contributed by atoms with E-state index in [0.29, 0.717) is 0 Å². The molecule has 0 aliphatic rings. The Morgan fingerprint density at radius 2 is 2.40 bits per heavy atom. The van der Waals surface area contributed by atoms with E-state index in [1.165, 1.54) is 7.11 Å². The molecule has 1 unspecified atom stereocenters. The van der Waals surface area contributed by atoms with E-state index in [1.54, 1.807) is 6.92 Å². The van der Waals surface area contributed by atoms with Crippen molar-refractivity contribution in [3.8, 4) is 0 Å². The Kier molecular flexibility index (Phi) is 4.05. The minimum atomic E-state index is -3.26. The highest BCUT2D eigenvalue weighted by Crippen LogP contribution is 2.29. The molecule has 1 N–H and O–H groups in total. The summed E-state index contributed by atoms with van der Waals surface area (Å²) in [5.41, 5.74) is 0. The fourth-order valence-corrected chi connectivity index (χ4v) is 1.14. The van der Waals surface area contributed by atoms with Gasteiger partial charge in [-0.15, -0.1) is 0 Å². The van der Waals surface area contributed by atoms with Gasteiger partial charge in [0.1, 0.15) is 0 Å². The van der Waals surface area contributed by atoms with Gasteiger partial charge in [-0.25, -0.2) is 0 Å². The lowest BCUT2D eigenvalue weighted by molar-refractivity contribution is -0.184. The fourth-order valence-electron chi connectivity index (χ4n) is 0.277. The average molecular weight is 182 g/mol. The van der Waals surface area contributed by atoms with Crippen LogP contribution in [-0.4, -0.2) is 13.0 Å². The molecule has 0 aromatic carbocycles. The molecule has 0 radical (unpaired) electrons. The van der Waals surface area contributed by atoms with Crippen molar-refractivity contribution in [3.05, 3.63) is 0 Å². The minimum Gasteiger partial charge on any atom is -0.785 e. The number of nitrogens with one attached hydrogen (secondary N) is 1. The number of rotatable bonds is 3. The molecular weight excluding hydrogens is 173 g/mol. The molecule has 0 aromatic rings. The van der Waals surface area contributed by atoms with Crippen molar-refractivity contribution < 1.29 is 14.2 Å². The van der Waals surface area contributed by atoms with Gasteiger partial charge in [-0.1, -0.05) is 18.7 Å². The molecule has 0 spiro atoms. The maximum absolute atomic E-state index is 10.8. The van der Waals surface area contributed by atoms with Crippen LogP contribution in [0, 0.1) is 0 Å². The molecule has 1 atom stereocenters. The van der Waals surface area contributed by atoms with Crippen molar-refractivity contribution in [1.82, 2.24) is 5.09 Å². The topological polar surface area (TPSA) is 61.4 Å². The van der Waals surface area contributed by atoms with Gasteiger partial charge in [0.05, 0.1) is 6.64 Å². The molecule has 0 aliphatic carbocycles. The van der Waals surface area contributed by atoms with Crippen molar-refractivity contribution in [1.29, 1.82) is 0 Å². The smallest absolute Gasteiger partial charge is 0.224 e. The third-order valence-corrected chi connectivity index (χ3v) is 2.55. The van der Waals surface area contributed by atoms with Gasteiger partial charge in [0.2, 0.25) is 5.91 Å². The highest BCUT2D eigenvalue weighted by Gasteiger charge is 2.02. The van der Waals surface area contributed by atoms with Crippen LogP contribution in [0.5, 0.6) is 0 Å². The quantitative estimate of drug-likeness (QED) is 0.611. The van der Waals surface area contributed by atoms with Crippen LogP contribution >= 0.6 is 6.64 Å².